The fourth-order valence-electron chi connectivity index (χ4n) is 4.13. The van der Waals surface area contributed by atoms with Gasteiger partial charge < -0.3 is 26.6 Å². The van der Waals surface area contributed by atoms with Crippen LogP contribution in [0, 0.1) is 11.8 Å². The molecule has 2 fully saturated rings. The zero-order chi connectivity index (χ0) is 27.1. The summed E-state index contributed by atoms with van der Waals surface area (Å²) in [6.45, 7) is 5.44. The highest BCUT2D eigenvalue weighted by molar-refractivity contribution is 6.35. The van der Waals surface area contributed by atoms with Crippen molar-refractivity contribution in [3.63, 3.8) is 0 Å². The van der Waals surface area contributed by atoms with Crippen molar-refractivity contribution >= 4 is 29.4 Å². The number of rotatable bonds is 11. The van der Waals surface area contributed by atoms with Crippen LogP contribution in [-0.2, 0) is 28.7 Å². The number of hydrogen-bond donors (Lipinski definition) is 5. The molecule has 0 aliphatic carbocycles. The molecule has 4 amide bonds. The zero-order valence-corrected chi connectivity index (χ0v) is 20.5. The molecule has 2 aliphatic heterocycles. The zero-order valence-electron chi connectivity index (χ0n) is 20.5. The quantitative estimate of drug-likeness (QED) is 0.230. The summed E-state index contributed by atoms with van der Waals surface area (Å²) in [4.78, 5) is 62.4. The Morgan fingerprint density at radius 2 is 1.81 bits per heavy atom. The van der Waals surface area contributed by atoms with Crippen LogP contribution in [0.3, 0.4) is 0 Å². The van der Waals surface area contributed by atoms with Crippen molar-refractivity contribution in [2.75, 3.05) is 26.2 Å². The van der Waals surface area contributed by atoms with Gasteiger partial charge in [0, 0.05) is 19.0 Å². The molecular formula is C22H34F3N5O6. The summed E-state index contributed by atoms with van der Waals surface area (Å²) in [5, 5.41) is 13.0. The molecule has 2 aliphatic rings. The number of halogens is 3. The van der Waals surface area contributed by atoms with Crippen LogP contribution >= 0.6 is 0 Å². The van der Waals surface area contributed by atoms with Crippen molar-refractivity contribution < 1.29 is 41.9 Å². The van der Waals surface area contributed by atoms with Gasteiger partial charge in [0.25, 0.3) is 0 Å². The molecule has 36 heavy (non-hydrogen) atoms. The Morgan fingerprint density at radius 3 is 2.33 bits per heavy atom. The van der Waals surface area contributed by atoms with Crippen LogP contribution in [0.15, 0.2) is 0 Å². The molecule has 5 N–H and O–H groups in total. The Kier molecular flexibility index (Phi) is 10.2. The number of nitrogens with one attached hydrogen (secondary N) is 5. The van der Waals surface area contributed by atoms with E-state index < -0.39 is 60.0 Å². The minimum Gasteiger partial charge on any atom is -0.356 e. The summed E-state index contributed by atoms with van der Waals surface area (Å²) in [5.41, 5.74) is -0.623. The molecule has 0 aromatic heterocycles. The molecule has 0 bridgehead atoms. The maximum atomic E-state index is 13.0. The molecule has 4 atom stereocenters. The molecule has 1 unspecified atom stereocenters. The van der Waals surface area contributed by atoms with Crippen LogP contribution in [0.2, 0.25) is 0 Å². The first-order valence-corrected chi connectivity index (χ1v) is 11.8. The second-order valence-electron chi connectivity index (χ2n) is 9.87. The molecule has 0 aromatic carbocycles. The van der Waals surface area contributed by atoms with Gasteiger partial charge >= 0.3 is 18.2 Å². The SMILES string of the molecule is CC(C)C[C@H](NC(=O)C(=O)NC1(C)CCNC1)C(=O)N[C@@H](C[C@@H]1CCNC1=O)C(=O)COC(F)(F)F. The Labute approximate surface area is 207 Å². The van der Waals surface area contributed by atoms with Gasteiger partial charge in [-0.25, -0.2) is 0 Å². The highest BCUT2D eigenvalue weighted by atomic mass is 19.4. The molecule has 2 saturated heterocycles. The number of alkyl halides is 3. The predicted molar refractivity (Wildman–Crippen MR) is 120 cm³/mol. The van der Waals surface area contributed by atoms with E-state index >= 15 is 0 Å². The fourth-order valence-corrected chi connectivity index (χ4v) is 4.13. The molecule has 204 valence electrons. The first kappa shape index (κ1) is 29.5. The van der Waals surface area contributed by atoms with E-state index in [-0.39, 0.29) is 24.7 Å². The number of carbonyl (C=O) groups is 5. The van der Waals surface area contributed by atoms with E-state index in [2.05, 4.69) is 31.3 Å². The predicted octanol–water partition coefficient (Wildman–Crippen LogP) is -0.498. The number of hydrogen-bond acceptors (Lipinski definition) is 7. The van der Waals surface area contributed by atoms with Crippen molar-refractivity contribution in [3.05, 3.63) is 0 Å². The van der Waals surface area contributed by atoms with Crippen LogP contribution in [0.5, 0.6) is 0 Å². The van der Waals surface area contributed by atoms with E-state index in [0.29, 0.717) is 32.5 Å². The average Bonchev–Trinajstić information content (AvgIpc) is 3.37. The second kappa shape index (κ2) is 12.5. The highest BCUT2D eigenvalue weighted by Crippen LogP contribution is 2.20. The van der Waals surface area contributed by atoms with Crippen molar-refractivity contribution in [1.29, 1.82) is 0 Å². The van der Waals surface area contributed by atoms with Crippen LogP contribution in [-0.4, -0.2) is 79.6 Å². The van der Waals surface area contributed by atoms with E-state index in [1.807, 2.05) is 0 Å². The maximum Gasteiger partial charge on any atom is 0.522 e. The Morgan fingerprint density at radius 1 is 1.11 bits per heavy atom. The summed E-state index contributed by atoms with van der Waals surface area (Å²) in [6.07, 6.45) is -4.24. The van der Waals surface area contributed by atoms with Crippen LogP contribution < -0.4 is 26.6 Å². The van der Waals surface area contributed by atoms with Gasteiger partial charge in [0.05, 0.1) is 11.6 Å². The molecule has 0 radical (unpaired) electrons. The topological polar surface area (TPSA) is 155 Å². The smallest absolute Gasteiger partial charge is 0.356 e. The van der Waals surface area contributed by atoms with Gasteiger partial charge in [-0.2, -0.15) is 0 Å². The first-order chi connectivity index (χ1) is 16.7. The molecule has 14 heteroatoms. The molecular weight excluding hydrogens is 487 g/mol. The van der Waals surface area contributed by atoms with Crippen LogP contribution in [0.1, 0.15) is 46.5 Å². The van der Waals surface area contributed by atoms with E-state index in [4.69, 9.17) is 0 Å². The Balaban J connectivity index is 2.10. The minimum absolute atomic E-state index is 0.0908. The molecule has 0 saturated carbocycles. The largest absolute Gasteiger partial charge is 0.522 e. The average molecular weight is 522 g/mol. The summed E-state index contributed by atoms with van der Waals surface area (Å²) in [6, 6.07) is -2.70. The van der Waals surface area contributed by atoms with Gasteiger partial charge in [-0.1, -0.05) is 13.8 Å². The van der Waals surface area contributed by atoms with Gasteiger partial charge in [-0.3, -0.25) is 28.7 Å². The number of ketones is 1. The summed E-state index contributed by atoms with van der Waals surface area (Å²) in [7, 11) is 0. The third kappa shape index (κ3) is 9.37. The van der Waals surface area contributed by atoms with Crippen molar-refractivity contribution in [2.45, 2.75) is 70.4 Å². The lowest BCUT2D eigenvalue weighted by molar-refractivity contribution is -0.321. The molecule has 0 spiro atoms. The van der Waals surface area contributed by atoms with E-state index in [1.54, 1.807) is 20.8 Å². The number of Topliss-reactive ketones (excluding diaryl/α,β-unsaturated/α-hetero) is 1. The lowest BCUT2D eigenvalue weighted by Crippen LogP contribution is -2.57. The Hall–Kier alpha value is -2.74. The molecule has 0 aromatic rings. The van der Waals surface area contributed by atoms with Gasteiger partial charge in [0.2, 0.25) is 11.8 Å². The van der Waals surface area contributed by atoms with E-state index in [1.165, 1.54) is 0 Å². The lowest BCUT2D eigenvalue weighted by Gasteiger charge is -2.26. The third-order valence-corrected chi connectivity index (χ3v) is 6.09. The minimum atomic E-state index is -5.05. The third-order valence-electron chi connectivity index (χ3n) is 6.09. The molecule has 11 nitrogen and oxygen atoms in total. The Bertz CT molecular complexity index is 845. The number of amides is 4. The summed E-state index contributed by atoms with van der Waals surface area (Å²) >= 11 is 0. The number of ether oxygens (including phenoxy) is 1. The standard InChI is InChI=1S/C22H34F3N5O6/c1-12(2)8-15(29-19(34)20(35)30-21(3)5-7-26-11-21)18(33)28-14(9-13-4-6-27-17(13)32)16(31)10-36-22(23,24)25/h12-15,26H,4-11H2,1-3H3,(H,27,32)(H,28,33)(H,29,34)(H,30,35)/t13-,14-,15-,21?/m0/s1. The van der Waals surface area contributed by atoms with Crippen molar-refractivity contribution in [2.24, 2.45) is 11.8 Å². The first-order valence-electron chi connectivity index (χ1n) is 11.8. The maximum absolute atomic E-state index is 13.0. The summed E-state index contributed by atoms with van der Waals surface area (Å²) < 4.78 is 41.0. The van der Waals surface area contributed by atoms with E-state index in [9.17, 15) is 37.1 Å². The lowest BCUT2D eigenvalue weighted by atomic mass is 9.95. The van der Waals surface area contributed by atoms with Crippen LogP contribution in [0.25, 0.3) is 0 Å². The van der Waals surface area contributed by atoms with Gasteiger partial charge in [-0.15, -0.1) is 13.2 Å². The van der Waals surface area contributed by atoms with Crippen molar-refractivity contribution in [1.82, 2.24) is 26.6 Å². The molecule has 2 rings (SSSR count). The number of carbonyl (C=O) groups excluding carboxylic acids is 5. The second-order valence-corrected chi connectivity index (χ2v) is 9.87. The monoisotopic (exact) mass is 521 g/mol. The normalized spacial score (nSPS) is 23.6. The van der Waals surface area contributed by atoms with Gasteiger partial charge in [0.1, 0.15) is 12.6 Å². The molecule has 2 heterocycles. The fraction of sp³-hybridized carbons (Fsp3) is 0.773. The van der Waals surface area contributed by atoms with Gasteiger partial charge in [0.15, 0.2) is 5.78 Å². The van der Waals surface area contributed by atoms with Gasteiger partial charge in [-0.05, 0) is 45.1 Å². The highest BCUT2D eigenvalue weighted by Gasteiger charge is 2.37. The van der Waals surface area contributed by atoms with Crippen LogP contribution in [0.4, 0.5) is 13.2 Å². The van der Waals surface area contributed by atoms with Crippen molar-refractivity contribution in [3.8, 4) is 0 Å². The summed E-state index contributed by atoms with van der Waals surface area (Å²) in [5.74, 6) is -5.10. The van der Waals surface area contributed by atoms with E-state index in [0.717, 1.165) is 0 Å².